The number of nitrogens with one attached hydrogen (secondary N) is 1. The second kappa shape index (κ2) is 7.57. The van der Waals surface area contributed by atoms with Gasteiger partial charge in [-0.25, -0.2) is 0 Å². The summed E-state index contributed by atoms with van der Waals surface area (Å²) in [7, 11) is 0. The molecule has 0 heterocycles. The van der Waals surface area contributed by atoms with Gasteiger partial charge in [-0.15, -0.1) is 24.8 Å². The summed E-state index contributed by atoms with van der Waals surface area (Å²) in [4.78, 5) is 0. The Balaban J connectivity index is -0.000000245. The van der Waals surface area contributed by atoms with Crippen LogP contribution in [0.3, 0.4) is 0 Å². The molecule has 0 atom stereocenters. The lowest BCUT2D eigenvalue weighted by Crippen LogP contribution is -2.36. The van der Waals surface area contributed by atoms with Gasteiger partial charge in [-0.1, -0.05) is 13.8 Å². The summed E-state index contributed by atoms with van der Waals surface area (Å²) < 4.78 is 0. The number of nitrogens with two attached hydrogens (primary N) is 1. The van der Waals surface area contributed by atoms with E-state index >= 15 is 0 Å². The summed E-state index contributed by atoms with van der Waals surface area (Å²) >= 11 is 0. The van der Waals surface area contributed by atoms with E-state index < -0.39 is 0 Å². The number of aliphatic hydroxyl groups is 1. The average molecular weight is 191 g/mol. The van der Waals surface area contributed by atoms with Gasteiger partial charge in [0, 0.05) is 18.6 Å². The van der Waals surface area contributed by atoms with Crippen LogP contribution in [0.15, 0.2) is 0 Å². The Kier molecular flexibility index (Phi) is 12.7. The van der Waals surface area contributed by atoms with E-state index in [9.17, 15) is 0 Å². The molecule has 0 aliphatic rings. The summed E-state index contributed by atoms with van der Waals surface area (Å²) in [6.45, 7) is 4.68. The molecule has 0 saturated heterocycles. The van der Waals surface area contributed by atoms with Crippen LogP contribution in [0.2, 0.25) is 0 Å². The molecule has 0 spiro atoms. The highest BCUT2D eigenvalue weighted by Gasteiger charge is 2.13. The summed E-state index contributed by atoms with van der Waals surface area (Å²) in [5.74, 6) is 5.03. The second-order valence-electron chi connectivity index (χ2n) is 2.70. The van der Waals surface area contributed by atoms with Gasteiger partial charge < -0.3 is 5.11 Å². The van der Waals surface area contributed by atoms with Gasteiger partial charge >= 0.3 is 0 Å². The third kappa shape index (κ3) is 8.46. The van der Waals surface area contributed by atoms with Crippen LogP contribution >= 0.6 is 24.8 Å². The molecule has 0 fully saturated rings. The molecular weight excluding hydrogens is 175 g/mol. The van der Waals surface area contributed by atoms with Gasteiger partial charge in [0.05, 0.1) is 0 Å². The molecule has 66 valence electrons. The first-order chi connectivity index (χ1) is 3.62. The summed E-state index contributed by atoms with van der Waals surface area (Å²) in [5.41, 5.74) is 2.41. The predicted molar refractivity (Wildman–Crippen MR) is 47.6 cm³/mol. The van der Waals surface area contributed by atoms with Crippen molar-refractivity contribution in [2.45, 2.75) is 13.8 Å². The van der Waals surface area contributed by atoms with Gasteiger partial charge in [0.25, 0.3) is 0 Å². The number of hydrazine groups is 1. The zero-order chi connectivity index (χ0) is 6.62. The highest BCUT2D eigenvalue weighted by Crippen LogP contribution is 2.09. The first kappa shape index (κ1) is 16.8. The van der Waals surface area contributed by atoms with E-state index in [-0.39, 0.29) is 36.8 Å². The van der Waals surface area contributed by atoms with Crippen molar-refractivity contribution in [2.75, 3.05) is 13.2 Å². The van der Waals surface area contributed by atoms with E-state index in [1.807, 2.05) is 13.8 Å². The summed E-state index contributed by atoms with van der Waals surface area (Å²) in [6, 6.07) is 0. The highest BCUT2D eigenvalue weighted by atomic mass is 35.5. The molecule has 0 amide bonds. The Hall–Kier alpha value is 0.460. The third-order valence-electron chi connectivity index (χ3n) is 1.01. The van der Waals surface area contributed by atoms with Crippen LogP contribution < -0.4 is 11.3 Å². The number of hydrogen-bond donors (Lipinski definition) is 3. The lowest BCUT2D eigenvalue weighted by molar-refractivity contribution is 0.157. The maximum absolute atomic E-state index is 8.63. The number of rotatable bonds is 3. The smallest absolute Gasteiger partial charge is 0.0494 e. The average Bonchev–Trinajstić information content (AvgIpc) is 1.67. The minimum Gasteiger partial charge on any atom is -0.396 e. The zero-order valence-corrected chi connectivity index (χ0v) is 7.89. The molecule has 0 radical (unpaired) electrons. The largest absolute Gasteiger partial charge is 0.396 e. The van der Waals surface area contributed by atoms with Gasteiger partial charge in [-0.05, 0) is 0 Å². The van der Waals surface area contributed by atoms with E-state index in [1.54, 1.807) is 0 Å². The minimum absolute atomic E-state index is 0. The second-order valence-corrected chi connectivity index (χ2v) is 2.70. The van der Waals surface area contributed by atoms with Crippen molar-refractivity contribution >= 4 is 24.8 Å². The molecule has 3 nitrogen and oxygen atoms in total. The van der Waals surface area contributed by atoms with E-state index in [1.165, 1.54) is 0 Å². The van der Waals surface area contributed by atoms with Crippen LogP contribution in [0.25, 0.3) is 0 Å². The molecule has 0 aliphatic carbocycles. The molecule has 0 aromatic heterocycles. The lowest BCUT2D eigenvalue weighted by atomic mass is 9.95. The molecule has 0 saturated carbocycles. The first-order valence-electron chi connectivity index (χ1n) is 2.67. The zero-order valence-electron chi connectivity index (χ0n) is 6.26. The fourth-order valence-corrected chi connectivity index (χ4v) is 0.332. The van der Waals surface area contributed by atoms with Gasteiger partial charge in [-0.2, -0.15) is 0 Å². The van der Waals surface area contributed by atoms with Crippen molar-refractivity contribution in [3.63, 3.8) is 0 Å². The molecule has 0 aromatic rings. The maximum atomic E-state index is 8.63. The van der Waals surface area contributed by atoms with Crippen molar-refractivity contribution in [3.8, 4) is 0 Å². The Morgan fingerprint density at radius 3 is 1.90 bits per heavy atom. The predicted octanol–water partition coefficient (Wildman–Crippen LogP) is 0.312. The van der Waals surface area contributed by atoms with Gasteiger partial charge in [-0.3, -0.25) is 11.3 Å². The molecule has 4 N–H and O–H groups in total. The van der Waals surface area contributed by atoms with Crippen LogP contribution in [0.1, 0.15) is 13.8 Å². The molecule has 0 aliphatic heterocycles. The van der Waals surface area contributed by atoms with Crippen molar-refractivity contribution in [2.24, 2.45) is 11.3 Å². The topological polar surface area (TPSA) is 58.3 Å². The summed E-state index contributed by atoms with van der Waals surface area (Å²) in [5, 5.41) is 8.63. The lowest BCUT2D eigenvalue weighted by Gasteiger charge is -2.19. The highest BCUT2D eigenvalue weighted by molar-refractivity contribution is 5.85. The molecule has 5 heteroatoms. The Morgan fingerprint density at radius 1 is 1.40 bits per heavy atom. The molecule has 0 rings (SSSR count). The molecule has 0 unspecified atom stereocenters. The van der Waals surface area contributed by atoms with E-state index in [0.717, 1.165) is 0 Å². The Morgan fingerprint density at radius 2 is 1.80 bits per heavy atom. The summed E-state index contributed by atoms with van der Waals surface area (Å²) in [6.07, 6.45) is 0. The quantitative estimate of drug-likeness (QED) is 0.444. The van der Waals surface area contributed by atoms with Gasteiger partial charge in [0.1, 0.15) is 0 Å². The van der Waals surface area contributed by atoms with Crippen LogP contribution in [0.5, 0.6) is 0 Å². The first-order valence-corrected chi connectivity index (χ1v) is 2.67. The van der Waals surface area contributed by atoms with Crippen molar-refractivity contribution < 1.29 is 5.11 Å². The number of halogens is 2. The SMILES string of the molecule is CC(C)(CO)CNN.Cl.Cl. The van der Waals surface area contributed by atoms with Crippen LogP contribution in [-0.4, -0.2) is 18.3 Å². The molecule has 10 heavy (non-hydrogen) atoms. The van der Waals surface area contributed by atoms with Crippen LogP contribution in [0.4, 0.5) is 0 Å². The van der Waals surface area contributed by atoms with Crippen LogP contribution in [0, 0.1) is 5.41 Å². The third-order valence-corrected chi connectivity index (χ3v) is 1.01. The fraction of sp³-hybridized carbons (Fsp3) is 1.00. The van der Waals surface area contributed by atoms with E-state index in [4.69, 9.17) is 10.9 Å². The van der Waals surface area contributed by atoms with Crippen molar-refractivity contribution in [1.29, 1.82) is 0 Å². The Labute approximate surface area is 74.2 Å². The normalized spacial score (nSPS) is 9.60. The number of aliphatic hydroxyl groups excluding tert-OH is 1. The maximum Gasteiger partial charge on any atom is 0.0494 e. The Bertz CT molecular complexity index is 70.7. The van der Waals surface area contributed by atoms with Crippen molar-refractivity contribution in [1.82, 2.24) is 5.43 Å². The monoisotopic (exact) mass is 190 g/mol. The van der Waals surface area contributed by atoms with E-state index in [2.05, 4.69) is 5.43 Å². The standard InChI is InChI=1S/C5H14N2O.2ClH/c1-5(2,4-8)3-7-6;;/h7-8H,3-4,6H2,1-2H3;2*1H. The van der Waals surface area contributed by atoms with Gasteiger partial charge in [0.15, 0.2) is 0 Å². The number of hydrogen-bond acceptors (Lipinski definition) is 3. The van der Waals surface area contributed by atoms with E-state index in [0.29, 0.717) is 6.54 Å². The van der Waals surface area contributed by atoms with Gasteiger partial charge in [0.2, 0.25) is 0 Å². The fourth-order valence-electron chi connectivity index (χ4n) is 0.332. The minimum atomic E-state index is -0.0885. The van der Waals surface area contributed by atoms with Crippen LogP contribution in [-0.2, 0) is 0 Å². The van der Waals surface area contributed by atoms with Crippen molar-refractivity contribution in [3.05, 3.63) is 0 Å². The molecule has 0 bridgehead atoms. The molecular formula is C5H16Cl2N2O. The molecule has 0 aromatic carbocycles.